The molecule has 0 unspecified atom stereocenters. The number of hydrogen-bond donors (Lipinski definition) is 1. The third-order valence-electron chi connectivity index (χ3n) is 0. The molecule has 0 aliphatic heterocycles. The predicted octanol–water partition coefficient (Wildman–Crippen LogP) is 0.871. The van der Waals surface area contributed by atoms with Crippen molar-refractivity contribution >= 4 is 29.5 Å². The van der Waals surface area contributed by atoms with Crippen LogP contribution in [0.5, 0.6) is 0 Å². The second-order valence-electron chi connectivity index (χ2n) is 0.105. The van der Waals surface area contributed by atoms with Gasteiger partial charge in [0.15, 0.2) is 0 Å². The Morgan fingerprint density at radius 1 is 1.75 bits per heavy atom. The van der Waals surface area contributed by atoms with Crippen LogP contribution in [0.3, 0.4) is 0 Å². The van der Waals surface area contributed by atoms with Gasteiger partial charge in [0, 0.05) is 27.1 Å². The molecule has 0 N–H and O–H groups in total. The summed E-state index contributed by atoms with van der Waals surface area (Å²) in [5, 5.41) is 0. The van der Waals surface area contributed by atoms with E-state index in [2.05, 4.69) is 24.8 Å². The molecule has 4 heavy (non-hydrogen) atoms. The van der Waals surface area contributed by atoms with Crippen LogP contribution < -0.4 is 0 Å². The van der Waals surface area contributed by atoms with Crippen LogP contribution in [-0.4, -0.2) is 4.70 Å². The molecule has 0 saturated heterocycles. The first-order valence-electron chi connectivity index (χ1n) is 0.494. The standard InChI is InChI=1S/CH2S2.Ag/c2-1-3;/h1H,(H,2,3);. The Kier molecular flexibility index (Phi) is 19.9. The van der Waals surface area contributed by atoms with Crippen molar-refractivity contribution in [3.8, 4) is 0 Å². The number of thiol groups is 1. The van der Waals surface area contributed by atoms with Crippen LogP contribution in [0.4, 0.5) is 0 Å². The summed E-state index contributed by atoms with van der Waals surface area (Å²) in [4.78, 5) is 0. The van der Waals surface area contributed by atoms with Gasteiger partial charge in [0.25, 0.3) is 0 Å². The molecule has 0 aromatic rings. The second kappa shape index (κ2) is 8.89. The van der Waals surface area contributed by atoms with E-state index in [4.69, 9.17) is 0 Å². The van der Waals surface area contributed by atoms with E-state index in [9.17, 15) is 0 Å². The fourth-order valence-electron chi connectivity index (χ4n) is 0. The topological polar surface area (TPSA) is 0 Å². The molecule has 0 heterocycles. The van der Waals surface area contributed by atoms with Gasteiger partial charge in [-0.05, 0) is 0 Å². The molecule has 0 rings (SSSR count). The van der Waals surface area contributed by atoms with Gasteiger partial charge in [0.1, 0.15) is 0 Å². The zero-order chi connectivity index (χ0) is 2.71. The molecule has 0 aromatic carbocycles. The smallest absolute Gasteiger partial charge is 0.0310 e. The van der Waals surface area contributed by atoms with E-state index in [1.807, 2.05) is 0 Å². The second-order valence-corrected chi connectivity index (χ2v) is 0.949. The minimum atomic E-state index is 0. The summed E-state index contributed by atoms with van der Waals surface area (Å²) in [6, 6.07) is 0. The molecule has 0 saturated carbocycles. The Labute approximate surface area is 51.9 Å². The molecule has 0 nitrogen and oxygen atoms in total. The van der Waals surface area contributed by atoms with Gasteiger partial charge >= 0.3 is 0 Å². The summed E-state index contributed by atoms with van der Waals surface area (Å²) in [6.45, 7) is 0. The van der Waals surface area contributed by atoms with Crippen LogP contribution in [0, 0.1) is 0 Å². The summed E-state index contributed by atoms with van der Waals surface area (Å²) < 4.78 is 1.28. The first-order valence-corrected chi connectivity index (χ1v) is 1.48. The van der Waals surface area contributed by atoms with Gasteiger partial charge < -0.3 is 0 Å². The van der Waals surface area contributed by atoms with Crippen molar-refractivity contribution in [3.63, 3.8) is 0 Å². The Bertz CT molecular complexity index is 13.5. The van der Waals surface area contributed by atoms with E-state index in [-0.39, 0.29) is 22.4 Å². The maximum atomic E-state index is 4.13. The minimum absolute atomic E-state index is 0. The van der Waals surface area contributed by atoms with Crippen molar-refractivity contribution in [2.45, 2.75) is 0 Å². The van der Waals surface area contributed by atoms with E-state index < -0.39 is 0 Å². The molecule has 1 radical (unpaired) electrons. The molecular formula is CH2AgS2. The third kappa shape index (κ3) is 10.9. The molecule has 0 fully saturated rings. The predicted molar refractivity (Wildman–Crippen MR) is 22.6 cm³/mol. The van der Waals surface area contributed by atoms with Gasteiger partial charge in [0.05, 0.1) is 0 Å². The molecule has 0 aliphatic rings. The molecular weight excluding hydrogens is 184 g/mol. The van der Waals surface area contributed by atoms with E-state index >= 15 is 0 Å². The van der Waals surface area contributed by atoms with Crippen molar-refractivity contribution in [3.05, 3.63) is 0 Å². The first-order chi connectivity index (χ1) is 1.41. The Morgan fingerprint density at radius 3 is 1.75 bits per heavy atom. The zero-order valence-corrected chi connectivity index (χ0v) is 4.93. The number of thiocarbonyl (C=S) groups is 1. The largest absolute Gasteiger partial charge is 0.140 e. The molecule has 0 bridgehead atoms. The van der Waals surface area contributed by atoms with Crippen molar-refractivity contribution in [1.82, 2.24) is 0 Å². The summed E-state index contributed by atoms with van der Waals surface area (Å²) in [7, 11) is 0. The van der Waals surface area contributed by atoms with Gasteiger partial charge in [0.2, 0.25) is 0 Å². The average Bonchev–Trinajstić information content (AvgIpc) is 0.918. The first kappa shape index (κ1) is 8.95. The van der Waals surface area contributed by atoms with Crippen molar-refractivity contribution in [1.29, 1.82) is 0 Å². The van der Waals surface area contributed by atoms with E-state index in [1.54, 1.807) is 0 Å². The Hall–Kier alpha value is 1.18. The monoisotopic (exact) mass is 185 g/mol. The molecule has 29 valence electrons. The summed E-state index contributed by atoms with van der Waals surface area (Å²) in [5.74, 6) is 0. The van der Waals surface area contributed by atoms with E-state index in [1.165, 1.54) is 4.70 Å². The van der Waals surface area contributed by atoms with Crippen LogP contribution in [0.25, 0.3) is 0 Å². The van der Waals surface area contributed by atoms with Gasteiger partial charge in [-0.25, -0.2) is 0 Å². The van der Waals surface area contributed by atoms with Crippen molar-refractivity contribution in [2.75, 3.05) is 0 Å². The van der Waals surface area contributed by atoms with Gasteiger partial charge in [-0.3, -0.25) is 0 Å². The fourth-order valence-corrected chi connectivity index (χ4v) is 0. The number of hydrogen-bond acceptors (Lipinski definition) is 1. The molecule has 0 amide bonds. The SMILES string of the molecule is S=CS.[Ag]. The minimum Gasteiger partial charge on any atom is -0.140 e. The molecule has 0 aliphatic carbocycles. The van der Waals surface area contributed by atoms with Gasteiger partial charge in [-0.15, -0.1) is 12.6 Å². The molecule has 0 aromatic heterocycles. The van der Waals surface area contributed by atoms with Crippen molar-refractivity contribution < 1.29 is 22.4 Å². The van der Waals surface area contributed by atoms with E-state index in [0.29, 0.717) is 0 Å². The van der Waals surface area contributed by atoms with Crippen LogP contribution in [0.15, 0.2) is 0 Å². The van der Waals surface area contributed by atoms with Crippen LogP contribution in [0.2, 0.25) is 0 Å². The van der Waals surface area contributed by atoms with Crippen LogP contribution >= 0.6 is 24.8 Å². The zero-order valence-electron chi connectivity index (χ0n) is 1.73. The van der Waals surface area contributed by atoms with Gasteiger partial charge in [-0.2, -0.15) is 0 Å². The van der Waals surface area contributed by atoms with Crippen LogP contribution in [0.1, 0.15) is 0 Å². The molecule has 0 spiro atoms. The quantitative estimate of drug-likeness (QED) is 0.332. The average molecular weight is 186 g/mol. The summed E-state index contributed by atoms with van der Waals surface area (Å²) >= 11 is 7.61. The molecule has 3 heteroatoms. The normalized spacial score (nSPS) is 3.25. The number of rotatable bonds is 0. The maximum absolute atomic E-state index is 4.13. The Balaban J connectivity index is 0. The fraction of sp³-hybridized carbons (Fsp3) is 0. The van der Waals surface area contributed by atoms with Crippen LogP contribution in [-0.2, 0) is 22.4 Å². The molecule has 0 atom stereocenters. The van der Waals surface area contributed by atoms with Crippen molar-refractivity contribution in [2.24, 2.45) is 0 Å². The third-order valence-corrected chi connectivity index (χ3v) is 0. The summed E-state index contributed by atoms with van der Waals surface area (Å²) in [6.07, 6.45) is 0. The van der Waals surface area contributed by atoms with Gasteiger partial charge in [-0.1, -0.05) is 12.2 Å². The summed E-state index contributed by atoms with van der Waals surface area (Å²) in [5.41, 5.74) is 0. The van der Waals surface area contributed by atoms with E-state index in [0.717, 1.165) is 0 Å². The maximum Gasteiger partial charge on any atom is 0.0310 e. The Morgan fingerprint density at radius 2 is 1.75 bits per heavy atom.